The maximum atomic E-state index is 11.9. The fourth-order valence-corrected chi connectivity index (χ4v) is 7.34. The fraction of sp³-hybridized carbons (Fsp3) is 0. The molecular weight excluding hydrogens is 446 g/mol. The van der Waals surface area contributed by atoms with Gasteiger partial charge in [0.1, 0.15) is 0 Å². The van der Waals surface area contributed by atoms with Crippen LogP contribution in [0.2, 0.25) is 0 Å². The average Bonchev–Trinajstić information content (AvgIpc) is 3.42. The molecule has 7 aromatic rings. The number of thiophene rings is 2. The van der Waals surface area contributed by atoms with Gasteiger partial charge in [-0.3, -0.25) is 10.1 Å². The Hall–Kier alpha value is -3.80. The normalized spacial score (nSPS) is 11.9. The van der Waals surface area contributed by atoms with E-state index in [4.69, 9.17) is 0 Å². The van der Waals surface area contributed by atoms with Crippen molar-refractivity contribution >= 4 is 79.5 Å². The molecule has 33 heavy (non-hydrogen) atoms. The maximum absolute atomic E-state index is 11.9. The minimum Gasteiger partial charge on any atom is -0.258 e. The van der Waals surface area contributed by atoms with E-state index in [2.05, 4.69) is 66.7 Å². The number of fused-ring (bicyclic) bond motifs is 9. The topological polar surface area (TPSA) is 43.1 Å². The lowest BCUT2D eigenvalue weighted by Crippen LogP contribution is -1.92. The fourth-order valence-electron chi connectivity index (χ4n) is 4.99. The van der Waals surface area contributed by atoms with E-state index in [0.717, 1.165) is 15.6 Å². The smallest absolute Gasteiger partial charge is 0.258 e. The summed E-state index contributed by atoms with van der Waals surface area (Å²) in [6.45, 7) is 0. The molecule has 0 aliphatic carbocycles. The van der Waals surface area contributed by atoms with Crippen LogP contribution in [0.25, 0.3) is 62.2 Å². The number of para-hydroxylation sites is 1. The first kappa shape index (κ1) is 18.7. The summed E-state index contributed by atoms with van der Waals surface area (Å²) in [5.74, 6) is 0. The summed E-state index contributed by atoms with van der Waals surface area (Å²) in [6, 6.07) is 30.5. The van der Waals surface area contributed by atoms with E-state index in [1.807, 2.05) is 23.5 Å². The van der Waals surface area contributed by atoms with Gasteiger partial charge in [0, 0.05) is 57.4 Å². The number of benzene rings is 5. The summed E-state index contributed by atoms with van der Waals surface area (Å²) in [6.07, 6.45) is 0. The van der Waals surface area contributed by atoms with Crippen molar-refractivity contribution in [1.29, 1.82) is 0 Å². The van der Waals surface area contributed by atoms with E-state index in [9.17, 15) is 10.1 Å². The van der Waals surface area contributed by atoms with Crippen LogP contribution in [-0.2, 0) is 0 Å². The molecule has 0 bridgehead atoms. The molecule has 0 amide bonds. The maximum Gasteiger partial charge on any atom is 0.277 e. The van der Waals surface area contributed by atoms with Gasteiger partial charge >= 0.3 is 0 Å². The lowest BCUT2D eigenvalue weighted by atomic mass is 9.93. The van der Waals surface area contributed by atoms with Gasteiger partial charge in [-0.2, -0.15) is 0 Å². The van der Waals surface area contributed by atoms with Crippen molar-refractivity contribution in [2.75, 3.05) is 0 Å². The molecule has 5 heteroatoms. The minimum absolute atomic E-state index is 0.137. The highest BCUT2D eigenvalue weighted by Crippen LogP contribution is 2.49. The summed E-state index contributed by atoms with van der Waals surface area (Å²) in [5, 5.41) is 19.1. The molecular formula is C28H15NO2S2. The number of nitro groups is 1. The molecule has 0 fully saturated rings. The van der Waals surface area contributed by atoms with Crippen molar-refractivity contribution in [1.82, 2.24) is 0 Å². The molecule has 2 aromatic heterocycles. The molecule has 0 spiro atoms. The van der Waals surface area contributed by atoms with Crippen LogP contribution >= 0.6 is 22.7 Å². The minimum atomic E-state index is -0.283. The molecule has 5 aromatic carbocycles. The predicted molar refractivity (Wildman–Crippen MR) is 142 cm³/mol. The van der Waals surface area contributed by atoms with E-state index >= 15 is 0 Å². The van der Waals surface area contributed by atoms with Gasteiger partial charge < -0.3 is 0 Å². The lowest BCUT2D eigenvalue weighted by molar-refractivity contribution is -0.384. The number of hydrogen-bond acceptors (Lipinski definition) is 4. The first-order chi connectivity index (χ1) is 16.2. The van der Waals surface area contributed by atoms with Crippen molar-refractivity contribution in [3.63, 3.8) is 0 Å². The van der Waals surface area contributed by atoms with Gasteiger partial charge in [-0.05, 0) is 35.7 Å². The molecule has 0 saturated carbocycles. The average molecular weight is 462 g/mol. The Kier molecular flexibility index (Phi) is 3.89. The van der Waals surface area contributed by atoms with Gasteiger partial charge in [-0.25, -0.2) is 0 Å². The monoisotopic (exact) mass is 461 g/mol. The van der Waals surface area contributed by atoms with E-state index in [1.54, 1.807) is 23.5 Å². The highest BCUT2D eigenvalue weighted by molar-refractivity contribution is 7.27. The van der Waals surface area contributed by atoms with Gasteiger partial charge in [0.05, 0.1) is 10.5 Å². The number of rotatable bonds is 2. The highest BCUT2D eigenvalue weighted by atomic mass is 32.1. The third kappa shape index (κ3) is 2.61. The Morgan fingerprint density at radius 2 is 1.27 bits per heavy atom. The number of nitrogens with zero attached hydrogens (tertiary/aromatic N) is 1. The summed E-state index contributed by atoms with van der Waals surface area (Å²) >= 11 is 3.53. The van der Waals surface area contributed by atoms with Crippen LogP contribution in [0.1, 0.15) is 0 Å². The van der Waals surface area contributed by atoms with Crippen molar-refractivity contribution in [3.05, 3.63) is 101 Å². The standard InChI is InChI=1S/C28H15NO2S2/c30-29(31)21-10-4-1-7-17(21)20-15-16-13-14-24-26(18-8-2-5-11-22(18)32-24)25(16)27-19-9-3-6-12-23(19)33-28(20)27/h1-15H. The predicted octanol–water partition coefficient (Wildman–Crippen LogP) is 9.15. The quantitative estimate of drug-likeness (QED) is 0.190. The van der Waals surface area contributed by atoms with Crippen molar-refractivity contribution in [2.45, 2.75) is 0 Å². The molecule has 0 saturated heterocycles. The zero-order valence-corrected chi connectivity index (χ0v) is 18.9. The Labute approximate surface area is 196 Å². The van der Waals surface area contributed by atoms with Crippen LogP contribution in [0, 0.1) is 10.1 Å². The lowest BCUT2D eigenvalue weighted by Gasteiger charge is -2.10. The van der Waals surface area contributed by atoms with Crippen LogP contribution in [0.15, 0.2) is 91.0 Å². The third-order valence-corrected chi connectivity index (χ3v) is 8.70. The van der Waals surface area contributed by atoms with E-state index in [-0.39, 0.29) is 10.6 Å². The highest BCUT2D eigenvalue weighted by Gasteiger charge is 2.22. The van der Waals surface area contributed by atoms with Gasteiger partial charge in [-0.1, -0.05) is 54.6 Å². The molecule has 0 unspecified atom stereocenters. The molecule has 3 nitrogen and oxygen atoms in total. The Balaban J connectivity index is 1.77. The molecule has 0 radical (unpaired) electrons. The SMILES string of the molecule is O=[N+]([O-])c1ccccc1-c1cc2ccc3sc4ccccc4c3c2c2c1sc1ccccc12. The van der Waals surface area contributed by atoms with Gasteiger partial charge in [0.15, 0.2) is 0 Å². The van der Waals surface area contributed by atoms with Crippen molar-refractivity contribution in [2.24, 2.45) is 0 Å². The molecule has 0 aliphatic heterocycles. The van der Waals surface area contributed by atoms with Gasteiger partial charge in [0.25, 0.3) is 5.69 Å². The Bertz CT molecular complexity index is 1910. The zero-order valence-electron chi connectivity index (χ0n) is 17.2. The number of nitro benzene ring substituents is 1. The van der Waals surface area contributed by atoms with Crippen LogP contribution in [0.5, 0.6) is 0 Å². The van der Waals surface area contributed by atoms with Gasteiger partial charge in [-0.15, -0.1) is 22.7 Å². The van der Waals surface area contributed by atoms with E-state index < -0.39 is 0 Å². The van der Waals surface area contributed by atoms with Crippen LogP contribution in [0.3, 0.4) is 0 Å². The van der Waals surface area contributed by atoms with E-state index in [1.165, 1.54) is 41.0 Å². The van der Waals surface area contributed by atoms with Crippen LogP contribution in [-0.4, -0.2) is 4.92 Å². The van der Waals surface area contributed by atoms with Crippen molar-refractivity contribution < 1.29 is 4.92 Å². The second kappa shape index (κ2) is 6.85. The molecule has 0 aliphatic rings. The number of hydrogen-bond donors (Lipinski definition) is 0. The van der Waals surface area contributed by atoms with E-state index in [0.29, 0.717) is 5.56 Å². The second-order valence-electron chi connectivity index (χ2n) is 8.14. The summed E-state index contributed by atoms with van der Waals surface area (Å²) in [4.78, 5) is 11.6. The van der Waals surface area contributed by atoms with Crippen LogP contribution < -0.4 is 0 Å². The Morgan fingerprint density at radius 3 is 2.06 bits per heavy atom. The molecule has 156 valence electrons. The van der Waals surface area contributed by atoms with Crippen molar-refractivity contribution in [3.8, 4) is 11.1 Å². The second-order valence-corrected chi connectivity index (χ2v) is 10.3. The largest absolute Gasteiger partial charge is 0.277 e. The summed E-state index contributed by atoms with van der Waals surface area (Å²) in [7, 11) is 0. The Morgan fingerprint density at radius 1 is 0.606 bits per heavy atom. The van der Waals surface area contributed by atoms with Gasteiger partial charge in [0.2, 0.25) is 0 Å². The first-order valence-corrected chi connectivity index (χ1v) is 12.3. The first-order valence-electron chi connectivity index (χ1n) is 10.6. The zero-order chi connectivity index (χ0) is 22.1. The molecule has 7 rings (SSSR count). The van der Waals surface area contributed by atoms with Crippen LogP contribution in [0.4, 0.5) is 5.69 Å². The molecule has 2 heterocycles. The third-order valence-electron chi connectivity index (χ3n) is 6.36. The summed E-state index contributed by atoms with van der Waals surface area (Å²) < 4.78 is 4.83. The summed E-state index contributed by atoms with van der Waals surface area (Å²) in [5.41, 5.74) is 1.72. The molecule has 0 atom stereocenters. The molecule has 0 N–H and O–H groups in total.